The maximum absolute atomic E-state index is 12.5. The summed E-state index contributed by atoms with van der Waals surface area (Å²) in [6, 6.07) is 4.98. The van der Waals surface area contributed by atoms with Crippen molar-refractivity contribution in [2.45, 2.75) is 18.7 Å². The van der Waals surface area contributed by atoms with Crippen LogP contribution in [0.3, 0.4) is 0 Å². The summed E-state index contributed by atoms with van der Waals surface area (Å²) < 4.78 is 37.5. The summed E-state index contributed by atoms with van der Waals surface area (Å²) in [7, 11) is 0. The Morgan fingerprint density at radius 1 is 1.27 bits per heavy atom. The van der Waals surface area contributed by atoms with E-state index >= 15 is 0 Å². The molecule has 0 heterocycles. The first-order valence-electron chi connectivity index (χ1n) is 4.51. The Morgan fingerprint density at radius 3 is 2.40 bits per heavy atom. The van der Waals surface area contributed by atoms with Crippen LogP contribution in [0.2, 0.25) is 0 Å². The molecule has 0 spiro atoms. The number of nitrogens with two attached hydrogens (primary N) is 1. The van der Waals surface area contributed by atoms with Crippen molar-refractivity contribution >= 4 is 0 Å². The fourth-order valence-electron chi connectivity index (χ4n) is 1.36. The van der Waals surface area contributed by atoms with Gasteiger partial charge in [-0.15, -0.1) is 0 Å². The molecule has 0 unspecified atom stereocenters. The molecule has 2 nitrogen and oxygen atoms in total. The second kappa shape index (κ2) is 4.63. The van der Waals surface area contributed by atoms with Crippen LogP contribution in [0.15, 0.2) is 24.3 Å². The van der Waals surface area contributed by atoms with Crippen molar-refractivity contribution in [2.24, 2.45) is 5.73 Å². The van der Waals surface area contributed by atoms with Gasteiger partial charge in [-0.2, -0.15) is 13.2 Å². The van der Waals surface area contributed by atoms with Crippen LogP contribution in [0, 0.1) is 0 Å². The van der Waals surface area contributed by atoms with E-state index in [9.17, 15) is 18.3 Å². The zero-order valence-corrected chi connectivity index (χ0v) is 7.96. The summed E-state index contributed by atoms with van der Waals surface area (Å²) in [6.45, 7) is 0.146. The average molecular weight is 219 g/mol. The predicted molar refractivity (Wildman–Crippen MR) is 50.1 cm³/mol. The summed E-state index contributed by atoms with van der Waals surface area (Å²) in [5.41, 5.74) is 4.27. The molecule has 0 radical (unpaired) electrons. The van der Waals surface area contributed by atoms with Gasteiger partial charge in [0.15, 0.2) is 0 Å². The fourth-order valence-corrected chi connectivity index (χ4v) is 1.36. The Kier molecular flexibility index (Phi) is 3.71. The molecule has 3 N–H and O–H groups in total. The molecule has 1 aromatic carbocycles. The molecule has 84 valence electrons. The second-order valence-corrected chi connectivity index (χ2v) is 3.18. The molecule has 0 aliphatic heterocycles. The molecule has 0 aliphatic rings. The van der Waals surface area contributed by atoms with Crippen molar-refractivity contribution in [3.05, 3.63) is 35.4 Å². The van der Waals surface area contributed by atoms with E-state index in [-0.39, 0.29) is 18.5 Å². The van der Waals surface area contributed by atoms with Gasteiger partial charge in [0.25, 0.3) is 0 Å². The van der Waals surface area contributed by atoms with Gasteiger partial charge in [0.2, 0.25) is 0 Å². The van der Waals surface area contributed by atoms with Crippen LogP contribution in [-0.4, -0.2) is 11.7 Å². The third-order valence-electron chi connectivity index (χ3n) is 2.07. The number of aliphatic hydroxyl groups excluding tert-OH is 1. The van der Waals surface area contributed by atoms with E-state index in [0.29, 0.717) is 0 Å². The third-order valence-corrected chi connectivity index (χ3v) is 2.07. The predicted octanol–water partition coefficient (Wildman–Crippen LogP) is 2.09. The van der Waals surface area contributed by atoms with E-state index in [1.54, 1.807) is 0 Å². The van der Waals surface area contributed by atoms with Crippen LogP contribution >= 0.6 is 0 Å². The van der Waals surface area contributed by atoms with E-state index in [0.717, 1.165) is 6.07 Å². The van der Waals surface area contributed by atoms with Gasteiger partial charge in [-0.25, -0.2) is 0 Å². The SMILES string of the molecule is NCC[C@@H](O)c1ccccc1C(F)(F)F. The highest BCUT2D eigenvalue weighted by atomic mass is 19.4. The second-order valence-electron chi connectivity index (χ2n) is 3.18. The summed E-state index contributed by atoms with van der Waals surface area (Å²) in [5.74, 6) is 0. The highest BCUT2D eigenvalue weighted by Crippen LogP contribution is 2.34. The highest BCUT2D eigenvalue weighted by molar-refractivity contribution is 5.31. The Labute approximate surface area is 85.5 Å². The van der Waals surface area contributed by atoms with Gasteiger partial charge in [0.1, 0.15) is 0 Å². The number of hydrogen-bond acceptors (Lipinski definition) is 2. The first-order valence-corrected chi connectivity index (χ1v) is 4.51. The van der Waals surface area contributed by atoms with Gasteiger partial charge in [-0.05, 0) is 24.6 Å². The largest absolute Gasteiger partial charge is 0.416 e. The molecule has 1 rings (SSSR count). The molecule has 0 aliphatic carbocycles. The number of rotatable bonds is 3. The maximum Gasteiger partial charge on any atom is 0.416 e. The minimum Gasteiger partial charge on any atom is -0.388 e. The van der Waals surface area contributed by atoms with Crippen molar-refractivity contribution in [1.82, 2.24) is 0 Å². The van der Waals surface area contributed by atoms with Crippen LogP contribution in [-0.2, 0) is 6.18 Å². The van der Waals surface area contributed by atoms with Gasteiger partial charge in [0.05, 0.1) is 11.7 Å². The number of halogens is 3. The molecular formula is C10H12F3NO. The number of alkyl halides is 3. The molecule has 1 atom stereocenters. The maximum atomic E-state index is 12.5. The van der Waals surface area contributed by atoms with Crippen molar-refractivity contribution < 1.29 is 18.3 Å². The lowest BCUT2D eigenvalue weighted by atomic mass is 10.00. The molecule has 0 saturated carbocycles. The lowest BCUT2D eigenvalue weighted by molar-refractivity contribution is -0.139. The Morgan fingerprint density at radius 2 is 1.87 bits per heavy atom. The summed E-state index contributed by atoms with van der Waals surface area (Å²) in [5, 5.41) is 9.48. The molecule has 1 aromatic rings. The Bertz CT molecular complexity index is 325. The van der Waals surface area contributed by atoms with E-state index in [1.165, 1.54) is 18.2 Å². The van der Waals surface area contributed by atoms with Gasteiger partial charge in [-0.1, -0.05) is 18.2 Å². The normalized spacial score (nSPS) is 13.9. The van der Waals surface area contributed by atoms with Gasteiger partial charge >= 0.3 is 6.18 Å². The topological polar surface area (TPSA) is 46.2 Å². The Hall–Kier alpha value is -1.07. The van der Waals surface area contributed by atoms with Crippen LogP contribution in [0.5, 0.6) is 0 Å². The quantitative estimate of drug-likeness (QED) is 0.817. The standard InChI is InChI=1S/C10H12F3NO/c11-10(12,13)8-4-2-1-3-7(8)9(15)5-6-14/h1-4,9,15H,5-6,14H2/t9-/m1/s1. The van der Waals surface area contributed by atoms with Crippen molar-refractivity contribution in [3.63, 3.8) is 0 Å². The van der Waals surface area contributed by atoms with E-state index < -0.39 is 17.8 Å². The van der Waals surface area contributed by atoms with E-state index in [1.807, 2.05) is 0 Å². The average Bonchev–Trinajstić information content (AvgIpc) is 2.17. The summed E-state index contributed by atoms with van der Waals surface area (Å²) in [4.78, 5) is 0. The van der Waals surface area contributed by atoms with Crippen LogP contribution in [0.1, 0.15) is 23.7 Å². The zero-order chi connectivity index (χ0) is 11.5. The monoisotopic (exact) mass is 219 g/mol. The van der Waals surface area contributed by atoms with Crippen LogP contribution in [0.25, 0.3) is 0 Å². The summed E-state index contributed by atoms with van der Waals surface area (Å²) >= 11 is 0. The van der Waals surface area contributed by atoms with Gasteiger partial charge in [0, 0.05) is 0 Å². The number of aliphatic hydroxyl groups is 1. The van der Waals surface area contributed by atoms with Crippen molar-refractivity contribution in [1.29, 1.82) is 0 Å². The van der Waals surface area contributed by atoms with Crippen molar-refractivity contribution in [2.75, 3.05) is 6.54 Å². The minimum absolute atomic E-state index is 0.115. The molecule has 0 aromatic heterocycles. The fraction of sp³-hybridized carbons (Fsp3) is 0.400. The molecule has 0 fully saturated rings. The van der Waals surface area contributed by atoms with Gasteiger partial charge in [-0.3, -0.25) is 0 Å². The third kappa shape index (κ3) is 2.94. The van der Waals surface area contributed by atoms with Crippen LogP contribution in [0.4, 0.5) is 13.2 Å². The molecule has 0 amide bonds. The van der Waals surface area contributed by atoms with E-state index in [2.05, 4.69) is 0 Å². The van der Waals surface area contributed by atoms with Crippen molar-refractivity contribution in [3.8, 4) is 0 Å². The lowest BCUT2D eigenvalue weighted by Crippen LogP contribution is -2.14. The van der Waals surface area contributed by atoms with Gasteiger partial charge < -0.3 is 10.8 Å². The molecule has 15 heavy (non-hydrogen) atoms. The first-order chi connectivity index (χ1) is 6.96. The summed E-state index contributed by atoms with van der Waals surface area (Å²) in [6.07, 6.45) is -5.48. The molecular weight excluding hydrogens is 207 g/mol. The van der Waals surface area contributed by atoms with Crippen LogP contribution < -0.4 is 5.73 Å². The van der Waals surface area contributed by atoms with E-state index in [4.69, 9.17) is 5.73 Å². The lowest BCUT2D eigenvalue weighted by Gasteiger charge is -2.16. The molecule has 5 heteroatoms. The highest BCUT2D eigenvalue weighted by Gasteiger charge is 2.34. The molecule has 0 saturated heterocycles. The first kappa shape index (κ1) is 12.0. The molecule has 0 bridgehead atoms. The Balaban J connectivity index is 3.06. The smallest absolute Gasteiger partial charge is 0.388 e. The number of benzene rings is 1. The number of hydrogen-bond donors (Lipinski definition) is 2. The zero-order valence-electron chi connectivity index (χ0n) is 7.96. The minimum atomic E-state index is -4.44.